The molecular formula is C43H34N2S. The van der Waals surface area contributed by atoms with E-state index in [0.29, 0.717) is 5.92 Å². The van der Waals surface area contributed by atoms with Crippen LogP contribution in [0.4, 0.5) is 34.1 Å². The summed E-state index contributed by atoms with van der Waals surface area (Å²) in [5, 5.41) is 7.49. The molecule has 0 aromatic heterocycles. The number of nitrogens with zero attached hydrogens (tertiary/aromatic N) is 2. The molecule has 46 heavy (non-hydrogen) atoms. The molecule has 2 nitrogen and oxygen atoms in total. The van der Waals surface area contributed by atoms with E-state index in [0.717, 1.165) is 33.3 Å². The molecule has 8 aromatic carbocycles. The average Bonchev–Trinajstić information content (AvgIpc) is 3.10. The first kappa shape index (κ1) is 28.2. The first-order valence-corrected chi connectivity index (χ1v) is 16.3. The average molecular weight is 611 g/mol. The number of hydrogen-bond donors (Lipinski definition) is 1. The Morgan fingerprint density at radius 2 is 0.804 bits per heavy atom. The molecule has 0 spiro atoms. The molecule has 0 unspecified atom stereocenters. The van der Waals surface area contributed by atoms with Gasteiger partial charge in [0, 0.05) is 38.4 Å². The van der Waals surface area contributed by atoms with Crippen molar-refractivity contribution in [1.82, 2.24) is 0 Å². The summed E-state index contributed by atoms with van der Waals surface area (Å²) in [7, 11) is 0. The summed E-state index contributed by atoms with van der Waals surface area (Å²) < 4.78 is 0. The normalized spacial score (nSPS) is 11.6. The van der Waals surface area contributed by atoms with Crippen molar-refractivity contribution in [2.75, 3.05) is 9.80 Å². The lowest BCUT2D eigenvalue weighted by Gasteiger charge is -2.29. The first-order chi connectivity index (χ1) is 22.6. The highest BCUT2D eigenvalue weighted by molar-refractivity contribution is 7.80. The van der Waals surface area contributed by atoms with Gasteiger partial charge in [0.05, 0.1) is 11.4 Å². The molecule has 0 bridgehead atoms. The van der Waals surface area contributed by atoms with Crippen molar-refractivity contribution in [1.29, 1.82) is 0 Å². The molecule has 222 valence electrons. The lowest BCUT2D eigenvalue weighted by atomic mass is 9.91. The van der Waals surface area contributed by atoms with Gasteiger partial charge in [-0.05, 0) is 106 Å². The summed E-state index contributed by atoms with van der Waals surface area (Å²) >= 11 is 4.57. The zero-order chi connectivity index (χ0) is 31.2. The van der Waals surface area contributed by atoms with E-state index in [2.05, 4.69) is 194 Å². The summed E-state index contributed by atoms with van der Waals surface area (Å²) in [5.74, 6) is 0.481. The summed E-state index contributed by atoms with van der Waals surface area (Å²) in [4.78, 5) is 5.69. The van der Waals surface area contributed by atoms with Crippen molar-refractivity contribution in [3.05, 3.63) is 163 Å². The van der Waals surface area contributed by atoms with Gasteiger partial charge in [0.1, 0.15) is 0 Å². The highest BCUT2D eigenvalue weighted by atomic mass is 32.1. The van der Waals surface area contributed by atoms with Crippen LogP contribution in [0.1, 0.15) is 25.3 Å². The number of thiol groups is 1. The molecule has 0 amide bonds. The molecule has 0 aliphatic carbocycles. The third kappa shape index (κ3) is 4.85. The predicted molar refractivity (Wildman–Crippen MR) is 201 cm³/mol. The van der Waals surface area contributed by atoms with Gasteiger partial charge >= 0.3 is 0 Å². The second-order valence-electron chi connectivity index (χ2n) is 12.2. The Hall–Kier alpha value is -5.25. The molecule has 0 heterocycles. The molecule has 0 radical (unpaired) electrons. The van der Waals surface area contributed by atoms with E-state index in [1.165, 1.54) is 43.6 Å². The SMILES string of the molecule is CC(C)c1ccc(N(c2ccccc2)c2ccc3ccc4c(N(c5ccccc5)c5ccc(S)cc5)ccc5ccc2c3c54)cc1. The zero-order valence-electron chi connectivity index (χ0n) is 25.9. The van der Waals surface area contributed by atoms with Crippen LogP contribution in [0.2, 0.25) is 0 Å². The molecule has 0 N–H and O–H groups in total. The fourth-order valence-corrected chi connectivity index (χ4v) is 6.93. The third-order valence-corrected chi connectivity index (χ3v) is 9.35. The maximum Gasteiger partial charge on any atom is 0.0540 e. The van der Waals surface area contributed by atoms with Gasteiger partial charge in [-0.15, -0.1) is 12.6 Å². The number of hydrogen-bond acceptors (Lipinski definition) is 3. The van der Waals surface area contributed by atoms with Gasteiger partial charge in [-0.1, -0.05) is 98.8 Å². The summed E-state index contributed by atoms with van der Waals surface area (Å²) in [6.07, 6.45) is 0. The minimum absolute atomic E-state index is 0.481. The van der Waals surface area contributed by atoms with E-state index >= 15 is 0 Å². The van der Waals surface area contributed by atoms with Crippen molar-refractivity contribution in [2.45, 2.75) is 24.7 Å². The van der Waals surface area contributed by atoms with E-state index < -0.39 is 0 Å². The maximum absolute atomic E-state index is 4.57. The molecule has 0 fully saturated rings. The third-order valence-electron chi connectivity index (χ3n) is 9.06. The van der Waals surface area contributed by atoms with E-state index in [9.17, 15) is 0 Å². The summed E-state index contributed by atoms with van der Waals surface area (Å²) in [6.45, 7) is 4.49. The van der Waals surface area contributed by atoms with Gasteiger partial charge < -0.3 is 9.80 Å². The fraction of sp³-hybridized carbons (Fsp3) is 0.0698. The number of rotatable bonds is 7. The smallest absolute Gasteiger partial charge is 0.0540 e. The van der Waals surface area contributed by atoms with Gasteiger partial charge in [0.15, 0.2) is 0 Å². The lowest BCUT2D eigenvalue weighted by molar-refractivity contribution is 0.866. The number of anilines is 6. The van der Waals surface area contributed by atoms with Crippen molar-refractivity contribution in [3.8, 4) is 0 Å². The zero-order valence-corrected chi connectivity index (χ0v) is 26.8. The van der Waals surface area contributed by atoms with E-state index in [4.69, 9.17) is 0 Å². The second kappa shape index (κ2) is 11.6. The van der Waals surface area contributed by atoms with Crippen LogP contribution in [-0.2, 0) is 0 Å². The Labute approximate surface area is 275 Å². The Morgan fingerprint density at radius 1 is 0.413 bits per heavy atom. The van der Waals surface area contributed by atoms with Gasteiger partial charge in [-0.3, -0.25) is 0 Å². The first-order valence-electron chi connectivity index (χ1n) is 15.9. The van der Waals surface area contributed by atoms with Gasteiger partial charge in [-0.2, -0.15) is 0 Å². The van der Waals surface area contributed by atoms with Gasteiger partial charge in [0.2, 0.25) is 0 Å². The Bertz CT molecular complexity index is 2280. The molecule has 0 saturated carbocycles. The van der Waals surface area contributed by atoms with Crippen molar-refractivity contribution >= 4 is 79.1 Å². The predicted octanol–water partition coefficient (Wildman–Crippen LogP) is 12.9. The second-order valence-corrected chi connectivity index (χ2v) is 12.7. The minimum Gasteiger partial charge on any atom is -0.310 e. The Morgan fingerprint density at radius 3 is 1.24 bits per heavy atom. The van der Waals surface area contributed by atoms with Crippen LogP contribution in [0.5, 0.6) is 0 Å². The molecule has 3 heteroatoms. The molecule has 0 saturated heterocycles. The molecule has 8 aromatic rings. The topological polar surface area (TPSA) is 6.48 Å². The van der Waals surface area contributed by atoms with Crippen LogP contribution in [-0.4, -0.2) is 0 Å². The minimum atomic E-state index is 0.481. The molecule has 0 aliphatic heterocycles. The largest absolute Gasteiger partial charge is 0.310 e. The summed E-state index contributed by atoms with van der Waals surface area (Å²) in [6, 6.07) is 57.0. The lowest BCUT2D eigenvalue weighted by Crippen LogP contribution is -2.11. The quantitative estimate of drug-likeness (QED) is 0.142. The highest BCUT2D eigenvalue weighted by Gasteiger charge is 2.21. The number of para-hydroxylation sites is 2. The molecule has 0 atom stereocenters. The van der Waals surface area contributed by atoms with Crippen LogP contribution in [0.3, 0.4) is 0 Å². The molecular weight excluding hydrogens is 577 g/mol. The van der Waals surface area contributed by atoms with Crippen molar-refractivity contribution in [2.24, 2.45) is 0 Å². The summed E-state index contributed by atoms with van der Waals surface area (Å²) in [5.41, 5.74) is 8.15. The van der Waals surface area contributed by atoms with Crippen molar-refractivity contribution < 1.29 is 0 Å². The van der Waals surface area contributed by atoms with E-state index in [1.807, 2.05) is 0 Å². The standard InChI is InChI=1S/C43H34N2S/c1-29(2)30-13-19-35(20-14-30)44(33-9-5-3-6-10-33)40-27-17-31-16-26-39-41(28-18-32-15-25-38(40)42(31)43(32)39)45(34-11-7-4-8-12-34)36-21-23-37(46)24-22-36/h3-29,46H,1-2H3. The van der Waals surface area contributed by atoms with Crippen molar-refractivity contribution in [3.63, 3.8) is 0 Å². The monoisotopic (exact) mass is 610 g/mol. The highest BCUT2D eigenvalue weighted by Crippen LogP contribution is 2.47. The number of benzene rings is 8. The van der Waals surface area contributed by atoms with Crippen LogP contribution < -0.4 is 9.80 Å². The van der Waals surface area contributed by atoms with Gasteiger partial charge in [-0.25, -0.2) is 0 Å². The molecule has 0 aliphatic rings. The van der Waals surface area contributed by atoms with Crippen LogP contribution in [0.25, 0.3) is 32.3 Å². The fourth-order valence-electron chi connectivity index (χ4n) is 6.78. The van der Waals surface area contributed by atoms with Crippen LogP contribution in [0, 0.1) is 0 Å². The Balaban J connectivity index is 1.38. The Kier molecular flexibility index (Phi) is 7.12. The maximum atomic E-state index is 4.57. The van der Waals surface area contributed by atoms with Crippen LogP contribution >= 0.6 is 12.6 Å². The molecule has 8 rings (SSSR count). The van der Waals surface area contributed by atoms with Gasteiger partial charge in [0.25, 0.3) is 0 Å². The van der Waals surface area contributed by atoms with Crippen LogP contribution in [0.15, 0.2) is 163 Å². The van der Waals surface area contributed by atoms with E-state index in [-0.39, 0.29) is 0 Å². The van der Waals surface area contributed by atoms with E-state index in [1.54, 1.807) is 0 Å².